The number of Topliss-reactive ketones (excluding diaryl/α,β-unsaturated/α-hetero) is 1. The lowest BCUT2D eigenvalue weighted by molar-refractivity contribution is -0.114. The fourth-order valence-corrected chi connectivity index (χ4v) is 2.46. The van der Waals surface area contributed by atoms with Gasteiger partial charge in [0.25, 0.3) is 0 Å². The standard InChI is InChI=1S/C19H20O2S/c1-12-5-7-17(13(2)9-12)19-8-6-16(21-19)10-14(3)18(20)11-15(4)22/h5-10H,11H2,1-4H3/b14-10+. The van der Waals surface area contributed by atoms with Gasteiger partial charge in [0.05, 0.1) is 0 Å². The Bertz CT molecular complexity index is 751. The molecule has 2 rings (SSSR count). The number of rotatable bonds is 5. The van der Waals surface area contributed by atoms with E-state index in [1.54, 1.807) is 19.9 Å². The lowest BCUT2D eigenvalue weighted by Gasteiger charge is -2.03. The Morgan fingerprint density at radius 2 is 1.91 bits per heavy atom. The highest BCUT2D eigenvalue weighted by atomic mass is 32.1. The highest BCUT2D eigenvalue weighted by Gasteiger charge is 2.09. The predicted octanol–water partition coefficient (Wildman–Crippen LogP) is 5.32. The van der Waals surface area contributed by atoms with E-state index in [9.17, 15) is 4.79 Å². The van der Waals surface area contributed by atoms with Gasteiger partial charge in [-0.05, 0) is 61.9 Å². The molecule has 1 heterocycles. The average molecular weight is 312 g/mol. The summed E-state index contributed by atoms with van der Waals surface area (Å²) in [6, 6.07) is 10.1. The van der Waals surface area contributed by atoms with E-state index in [0.29, 0.717) is 22.6 Å². The molecule has 0 N–H and O–H groups in total. The fraction of sp³-hybridized carbons (Fsp3) is 0.263. The van der Waals surface area contributed by atoms with Crippen molar-refractivity contribution in [3.63, 3.8) is 0 Å². The summed E-state index contributed by atoms with van der Waals surface area (Å²) in [7, 11) is 0. The monoisotopic (exact) mass is 312 g/mol. The van der Waals surface area contributed by atoms with E-state index < -0.39 is 0 Å². The second-order valence-corrected chi connectivity index (χ2v) is 6.35. The lowest BCUT2D eigenvalue weighted by atomic mass is 10.0. The molecule has 0 fully saturated rings. The second-order valence-electron chi connectivity index (χ2n) is 5.65. The van der Waals surface area contributed by atoms with Gasteiger partial charge in [-0.1, -0.05) is 36.0 Å². The average Bonchev–Trinajstić information content (AvgIpc) is 2.86. The van der Waals surface area contributed by atoms with E-state index in [1.165, 1.54) is 11.1 Å². The lowest BCUT2D eigenvalue weighted by Crippen LogP contribution is -2.03. The first-order valence-corrected chi connectivity index (χ1v) is 7.66. The molecule has 0 saturated heterocycles. The van der Waals surface area contributed by atoms with Crippen molar-refractivity contribution in [1.82, 2.24) is 0 Å². The molecule has 22 heavy (non-hydrogen) atoms. The third-order valence-electron chi connectivity index (χ3n) is 3.48. The number of hydrogen-bond acceptors (Lipinski definition) is 3. The Labute approximate surface area is 136 Å². The molecule has 0 spiro atoms. The first-order chi connectivity index (χ1) is 10.4. The molecule has 0 unspecified atom stereocenters. The van der Waals surface area contributed by atoms with E-state index in [2.05, 4.69) is 32.0 Å². The zero-order chi connectivity index (χ0) is 16.3. The van der Waals surface area contributed by atoms with Gasteiger partial charge in [-0.25, -0.2) is 0 Å². The molecule has 0 saturated carbocycles. The van der Waals surface area contributed by atoms with Crippen molar-refractivity contribution in [3.05, 3.63) is 52.8 Å². The maximum atomic E-state index is 11.9. The van der Waals surface area contributed by atoms with Crippen molar-refractivity contribution >= 4 is 28.9 Å². The first kappa shape index (κ1) is 16.4. The van der Waals surface area contributed by atoms with E-state index in [1.807, 2.05) is 12.1 Å². The molecular weight excluding hydrogens is 292 g/mol. The van der Waals surface area contributed by atoms with E-state index in [0.717, 1.165) is 11.3 Å². The summed E-state index contributed by atoms with van der Waals surface area (Å²) < 4.78 is 5.85. The summed E-state index contributed by atoms with van der Waals surface area (Å²) in [5.74, 6) is 1.54. The molecule has 2 aromatic rings. The zero-order valence-electron chi connectivity index (χ0n) is 13.4. The van der Waals surface area contributed by atoms with Gasteiger partial charge in [0.15, 0.2) is 5.78 Å². The van der Waals surface area contributed by atoms with Crippen molar-refractivity contribution in [2.45, 2.75) is 34.1 Å². The van der Waals surface area contributed by atoms with E-state index in [-0.39, 0.29) is 5.78 Å². The van der Waals surface area contributed by atoms with Crippen LogP contribution in [0, 0.1) is 13.8 Å². The van der Waals surface area contributed by atoms with Crippen molar-refractivity contribution in [1.29, 1.82) is 0 Å². The molecule has 114 valence electrons. The van der Waals surface area contributed by atoms with Crippen LogP contribution in [0.15, 0.2) is 40.3 Å². The van der Waals surface area contributed by atoms with Crippen LogP contribution < -0.4 is 0 Å². The number of allylic oxidation sites excluding steroid dienone is 1. The molecule has 1 aromatic heterocycles. The van der Waals surface area contributed by atoms with Gasteiger partial charge in [0.2, 0.25) is 0 Å². The third-order valence-corrected chi connectivity index (χ3v) is 3.63. The molecule has 1 aromatic carbocycles. The number of ketones is 1. The minimum atomic E-state index is 0.0389. The molecule has 0 radical (unpaired) electrons. The van der Waals surface area contributed by atoms with Gasteiger partial charge in [0.1, 0.15) is 11.5 Å². The molecule has 0 aliphatic carbocycles. The number of thiocarbonyl (C=S) groups is 1. The summed E-state index contributed by atoms with van der Waals surface area (Å²) in [5, 5.41) is 0. The summed E-state index contributed by atoms with van der Waals surface area (Å²) >= 11 is 4.98. The number of hydrogen-bond donors (Lipinski definition) is 0. The Hall–Kier alpha value is -2.00. The van der Waals surface area contributed by atoms with Gasteiger partial charge in [-0.3, -0.25) is 4.79 Å². The third kappa shape index (κ3) is 4.01. The quantitative estimate of drug-likeness (QED) is 0.553. The van der Waals surface area contributed by atoms with Crippen LogP contribution in [-0.4, -0.2) is 10.6 Å². The van der Waals surface area contributed by atoms with Crippen LogP contribution in [0.25, 0.3) is 17.4 Å². The van der Waals surface area contributed by atoms with Crippen molar-refractivity contribution in [3.8, 4) is 11.3 Å². The van der Waals surface area contributed by atoms with Crippen LogP contribution in [0.5, 0.6) is 0 Å². The summed E-state index contributed by atoms with van der Waals surface area (Å²) in [6.07, 6.45) is 2.08. The largest absolute Gasteiger partial charge is 0.457 e. The molecule has 2 nitrogen and oxygen atoms in total. The number of carbonyl (C=O) groups excluding carboxylic acids is 1. The Kier molecular flexibility index (Phi) is 5.09. The van der Waals surface area contributed by atoms with Crippen LogP contribution in [0.3, 0.4) is 0 Å². The topological polar surface area (TPSA) is 30.2 Å². The maximum Gasteiger partial charge on any atom is 0.163 e. The molecular formula is C19H20O2S. The highest BCUT2D eigenvalue weighted by molar-refractivity contribution is 7.80. The SMILES string of the molecule is CC(=S)CC(=O)/C(C)=C/c1ccc(-c2ccc(C)cc2C)o1. The molecule has 0 amide bonds. The number of furan rings is 1. The van der Waals surface area contributed by atoms with Gasteiger partial charge < -0.3 is 4.42 Å². The molecule has 3 heteroatoms. The summed E-state index contributed by atoms with van der Waals surface area (Å²) in [5.41, 5.74) is 4.13. The van der Waals surface area contributed by atoms with Crippen LogP contribution in [-0.2, 0) is 4.79 Å². The molecule has 0 aliphatic heterocycles. The summed E-state index contributed by atoms with van der Waals surface area (Å²) in [6.45, 7) is 7.71. The van der Waals surface area contributed by atoms with Gasteiger partial charge >= 0.3 is 0 Å². The fourth-order valence-electron chi connectivity index (χ4n) is 2.32. The van der Waals surface area contributed by atoms with E-state index in [4.69, 9.17) is 16.6 Å². The maximum absolute atomic E-state index is 11.9. The number of carbonyl (C=O) groups is 1. The minimum Gasteiger partial charge on any atom is -0.457 e. The van der Waals surface area contributed by atoms with Crippen molar-refractivity contribution in [2.75, 3.05) is 0 Å². The first-order valence-electron chi connectivity index (χ1n) is 7.25. The van der Waals surface area contributed by atoms with Crippen LogP contribution in [0.1, 0.15) is 37.2 Å². The van der Waals surface area contributed by atoms with E-state index >= 15 is 0 Å². The van der Waals surface area contributed by atoms with Crippen molar-refractivity contribution in [2.24, 2.45) is 0 Å². The Balaban J connectivity index is 2.24. The Morgan fingerprint density at radius 1 is 1.18 bits per heavy atom. The molecule has 0 bridgehead atoms. The van der Waals surface area contributed by atoms with Gasteiger partial charge in [0, 0.05) is 12.0 Å². The molecule has 0 atom stereocenters. The summed E-state index contributed by atoms with van der Waals surface area (Å²) in [4.78, 5) is 12.6. The highest BCUT2D eigenvalue weighted by Crippen LogP contribution is 2.27. The smallest absolute Gasteiger partial charge is 0.163 e. The van der Waals surface area contributed by atoms with Gasteiger partial charge in [-0.15, -0.1) is 0 Å². The van der Waals surface area contributed by atoms with Crippen LogP contribution in [0.2, 0.25) is 0 Å². The number of aryl methyl sites for hydroxylation is 2. The second kappa shape index (κ2) is 6.84. The normalized spacial score (nSPS) is 11.5. The predicted molar refractivity (Wildman–Crippen MR) is 95.2 cm³/mol. The van der Waals surface area contributed by atoms with Crippen LogP contribution in [0.4, 0.5) is 0 Å². The Morgan fingerprint density at radius 3 is 2.55 bits per heavy atom. The molecule has 0 aliphatic rings. The van der Waals surface area contributed by atoms with Crippen LogP contribution >= 0.6 is 12.2 Å². The zero-order valence-corrected chi connectivity index (χ0v) is 14.2. The van der Waals surface area contributed by atoms with Gasteiger partial charge in [-0.2, -0.15) is 0 Å². The number of benzene rings is 1. The minimum absolute atomic E-state index is 0.0389. The van der Waals surface area contributed by atoms with Crippen molar-refractivity contribution < 1.29 is 9.21 Å².